The summed E-state index contributed by atoms with van der Waals surface area (Å²) >= 11 is 0.909. The standard InChI is InChI=1S/C42H51NO16S/c1-20-25(55-36(50)30(47)29(24-16-13-17-53-24)43-37(51)60-38(4,5)6)19-41(52)34(56-35(49)23-14-11-10-12-15-23)32-40(9,26(46)18-27-42(32,59-58-27)57-22(3)45)33(48)31(54-21(2)44)28(20)39(41,7)8/h10-17,25-27,29-32,34,46-47,52H,18-19H2,1-9H3,(H,43,51)/t25-,26-,27+,29-,30+,31+,32-,34-,40+,41+,42+/m0/s1. The van der Waals surface area contributed by atoms with E-state index in [0.29, 0.717) is 0 Å². The van der Waals surface area contributed by atoms with Crippen molar-refractivity contribution < 1.29 is 77.2 Å². The zero-order valence-electron chi connectivity index (χ0n) is 34.7. The third kappa shape index (κ3) is 7.66. The van der Waals surface area contributed by atoms with E-state index in [1.165, 1.54) is 58.2 Å². The molecule has 11 atom stereocenters. The van der Waals surface area contributed by atoms with Gasteiger partial charge in [-0.2, -0.15) is 4.89 Å². The molecule has 1 aromatic carbocycles. The number of aliphatic hydroxyl groups excluding tert-OH is 2. The minimum Gasteiger partial charge on any atom is -0.467 e. The fraction of sp³-hybridized carbons (Fsp3) is 0.571. The first-order valence-corrected chi connectivity index (χ1v) is 20.2. The number of amides is 1. The lowest BCUT2D eigenvalue weighted by Crippen LogP contribution is -2.81. The minimum atomic E-state index is -2.47. The van der Waals surface area contributed by atoms with E-state index in [4.69, 9.17) is 33.1 Å². The van der Waals surface area contributed by atoms with Crippen LogP contribution in [0.2, 0.25) is 0 Å². The monoisotopic (exact) mass is 857 g/mol. The maximum atomic E-state index is 15.4. The van der Waals surface area contributed by atoms with Gasteiger partial charge >= 0.3 is 23.9 Å². The largest absolute Gasteiger partial charge is 0.467 e. The SMILES string of the molecule is CC(=O)O[C@H]1C(=O)[C@@]2(C)[C@H]([C@H](OC(=O)c3ccccc3)[C@]3(O)C[C@H](OC(=O)[C@H](O)[C@@H](NC(=O)SC(C)(C)C)c4ccco4)C(C)=C1C3(C)C)[C@]1(OC(C)=O)OO[C@@H]1C[C@@H]2O. The number of Topliss-reactive ketones (excluding diaryl/α,β-unsaturated/α-hetero) is 1. The summed E-state index contributed by atoms with van der Waals surface area (Å²) < 4.78 is 28.8. The summed E-state index contributed by atoms with van der Waals surface area (Å²) in [6.45, 7) is 13.3. The molecule has 1 aromatic heterocycles. The van der Waals surface area contributed by atoms with Gasteiger partial charge < -0.3 is 44.0 Å². The lowest BCUT2D eigenvalue weighted by molar-refractivity contribution is -0.595. The first kappa shape index (κ1) is 44.9. The number of hydrogen-bond donors (Lipinski definition) is 4. The molecule has 2 heterocycles. The van der Waals surface area contributed by atoms with Crippen LogP contribution in [0.1, 0.15) is 97.3 Å². The summed E-state index contributed by atoms with van der Waals surface area (Å²) in [7, 11) is 0. The molecule has 326 valence electrons. The van der Waals surface area contributed by atoms with Gasteiger partial charge in [-0.3, -0.25) is 19.2 Å². The molecule has 0 radical (unpaired) electrons. The van der Waals surface area contributed by atoms with E-state index in [0.717, 1.165) is 25.6 Å². The molecular formula is C42H51NO16S. The van der Waals surface area contributed by atoms with Gasteiger partial charge in [-0.05, 0) is 49.3 Å². The number of hydrogen-bond acceptors (Lipinski definition) is 17. The number of ketones is 1. The number of aliphatic hydroxyl groups is 3. The number of rotatable bonds is 9. The predicted octanol–water partition coefficient (Wildman–Crippen LogP) is 4.03. The zero-order chi connectivity index (χ0) is 44.3. The molecule has 0 unspecified atom stereocenters. The van der Waals surface area contributed by atoms with E-state index in [9.17, 15) is 39.3 Å². The third-order valence-corrected chi connectivity index (χ3v) is 13.0. The van der Waals surface area contributed by atoms with Gasteiger partial charge in [0.2, 0.25) is 0 Å². The summed E-state index contributed by atoms with van der Waals surface area (Å²) in [6, 6.07) is 9.17. The Morgan fingerprint density at radius 2 is 1.63 bits per heavy atom. The number of fused-ring (bicyclic) bond motifs is 5. The van der Waals surface area contributed by atoms with Crippen LogP contribution in [0, 0.1) is 16.7 Å². The summed E-state index contributed by atoms with van der Waals surface area (Å²) in [4.78, 5) is 93.5. The molecule has 3 aliphatic carbocycles. The number of esters is 4. The van der Waals surface area contributed by atoms with Gasteiger partial charge in [0.25, 0.3) is 11.0 Å². The van der Waals surface area contributed by atoms with E-state index in [2.05, 4.69) is 5.32 Å². The Balaban J connectivity index is 1.54. The molecule has 60 heavy (non-hydrogen) atoms. The average Bonchev–Trinajstić information content (AvgIpc) is 3.69. The van der Waals surface area contributed by atoms with Crippen molar-refractivity contribution in [3.05, 3.63) is 71.2 Å². The molecular weight excluding hydrogens is 807 g/mol. The van der Waals surface area contributed by atoms with E-state index in [1.54, 1.807) is 39.0 Å². The summed E-state index contributed by atoms with van der Waals surface area (Å²) in [5, 5.41) is 39.1. The van der Waals surface area contributed by atoms with Gasteiger partial charge in [0, 0.05) is 36.9 Å². The quantitative estimate of drug-likeness (QED) is 0.120. The first-order chi connectivity index (χ1) is 27.9. The molecule has 1 saturated heterocycles. The average molecular weight is 858 g/mol. The van der Waals surface area contributed by atoms with Crippen molar-refractivity contribution in [2.24, 2.45) is 16.7 Å². The first-order valence-electron chi connectivity index (χ1n) is 19.4. The maximum absolute atomic E-state index is 15.4. The van der Waals surface area contributed by atoms with Crippen LogP contribution in [0.5, 0.6) is 0 Å². The Kier molecular flexibility index (Phi) is 12.0. The lowest BCUT2D eigenvalue weighted by Gasteiger charge is -2.66. The Labute approximate surface area is 350 Å². The minimum absolute atomic E-state index is 0.0162. The van der Waals surface area contributed by atoms with Gasteiger partial charge in [0.05, 0.1) is 29.3 Å². The fourth-order valence-electron chi connectivity index (χ4n) is 9.13. The van der Waals surface area contributed by atoms with Crippen molar-refractivity contribution >= 4 is 46.7 Å². The Morgan fingerprint density at radius 3 is 2.18 bits per heavy atom. The second-order valence-corrected chi connectivity index (χ2v) is 19.2. The van der Waals surface area contributed by atoms with Crippen molar-refractivity contribution in [1.82, 2.24) is 5.32 Å². The van der Waals surface area contributed by atoms with Crippen LogP contribution in [0.25, 0.3) is 0 Å². The molecule has 2 saturated carbocycles. The van der Waals surface area contributed by atoms with Gasteiger partial charge in [-0.15, -0.1) is 0 Å². The Morgan fingerprint density at radius 1 is 0.967 bits per heavy atom. The van der Waals surface area contributed by atoms with Gasteiger partial charge in [0.15, 0.2) is 24.1 Å². The highest BCUT2D eigenvalue weighted by Crippen LogP contribution is 2.64. The molecule has 1 aliphatic heterocycles. The summed E-state index contributed by atoms with van der Waals surface area (Å²) in [5.74, 6) is -9.09. The molecule has 18 heteroatoms. The Bertz CT molecular complexity index is 2060. The third-order valence-electron chi connectivity index (χ3n) is 12.1. The highest BCUT2D eigenvalue weighted by atomic mass is 32.2. The summed E-state index contributed by atoms with van der Waals surface area (Å²) in [6.07, 6.45) is -10.0. The lowest BCUT2D eigenvalue weighted by atomic mass is 9.46. The number of benzene rings is 1. The number of furan rings is 1. The molecule has 1 amide bonds. The van der Waals surface area contributed by atoms with Crippen molar-refractivity contribution in [3.63, 3.8) is 0 Å². The second kappa shape index (κ2) is 16.0. The van der Waals surface area contributed by atoms with Gasteiger partial charge in [0.1, 0.15) is 29.6 Å². The molecule has 2 aromatic rings. The van der Waals surface area contributed by atoms with E-state index in [1.807, 2.05) is 0 Å². The van der Waals surface area contributed by atoms with E-state index < -0.39 is 117 Å². The second-order valence-electron chi connectivity index (χ2n) is 17.4. The van der Waals surface area contributed by atoms with Crippen LogP contribution >= 0.6 is 11.8 Å². The van der Waals surface area contributed by atoms with E-state index >= 15 is 4.79 Å². The number of ether oxygens (including phenoxy) is 4. The molecule has 0 spiro atoms. The molecule has 17 nitrogen and oxygen atoms in total. The van der Waals surface area contributed by atoms with Crippen LogP contribution in [0.4, 0.5) is 4.79 Å². The molecule has 6 rings (SSSR count). The van der Waals surface area contributed by atoms with Crippen LogP contribution in [0.15, 0.2) is 64.3 Å². The van der Waals surface area contributed by atoms with Crippen molar-refractivity contribution in [2.75, 3.05) is 0 Å². The fourth-order valence-corrected chi connectivity index (χ4v) is 9.87. The van der Waals surface area contributed by atoms with E-state index in [-0.39, 0.29) is 28.9 Å². The number of carbonyl (C=O) groups excluding carboxylic acids is 6. The van der Waals surface area contributed by atoms with Crippen molar-refractivity contribution in [1.29, 1.82) is 0 Å². The summed E-state index contributed by atoms with van der Waals surface area (Å²) in [5.41, 5.74) is -6.28. The van der Waals surface area contributed by atoms with Crippen LogP contribution in [-0.2, 0) is 47.9 Å². The highest BCUT2D eigenvalue weighted by molar-refractivity contribution is 8.14. The molecule has 2 bridgehead atoms. The number of thioether (sulfide) groups is 1. The van der Waals surface area contributed by atoms with Crippen LogP contribution in [0.3, 0.4) is 0 Å². The zero-order valence-corrected chi connectivity index (χ0v) is 35.5. The van der Waals surface area contributed by atoms with Crippen molar-refractivity contribution in [3.8, 4) is 0 Å². The highest BCUT2D eigenvalue weighted by Gasteiger charge is 2.80. The van der Waals surface area contributed by atoms with Crippen LogP contribution < -0.4 is 5.32 Å². The van der Waals surface area contributed by atoms with Gasteiger partial charge in [-0.25, -0.2) is 14.5 Å². The molecule has 4 N–H and O–H groups in total. The Hall–Kier alpha value is -4.59. The van der Waals surface area contributed by atoms with Gasteiger partial charge in [-0.1, -0.05) is 64.6 Å². The normalized spacial score (nSPS) is 33.0. The maximum Gasteiger partial charge on any atom is 0.338 e. The molecule has 3 fully saturated rings. The molecule has 4 aliphatic rings. The smallest absolute Gasteiger partial charge is 0.338 e. The van der Waals surface area contributed by atoms with Crippen molar-refractivity contribution in [2.45, 2.75) is 134 Å². The predicted molar refractivity (Wildman–Crippen MR) is 208 cm³/mol. The number of carbonyl (C=O) groups is 6. The number of nitrogens with one attached hydrogen (secondary N) is 1. The van der Waals surface area contributed by atoms with Crippen LogP contribution in [-0.4, -0.2) is 103 Å². The topological polar surface area (TPSA) is 244 Å².